The lowest BCUT2D eigenvalue weighted by Gasteiger charge is -2.07. The number of fused-ring (bicyclic) bond motifs is 2. The summed E-state index contributed by atoms with van der Waals surface area (Å²) >= 11 is 31.6. The molecule has 9 heteroatoms. The standard InChI is InChI=1S/C16H6Cl5NO2S/c17-4-1-5-11(8(19)2-4)22-12(13(5)23)16-14(24)6-3-7(18)9(20)10(21)15(6)25-16/h1-3,13,22-23H/b16-12+. The molecule has 1 unspecified atom stereocenters. The van der Waals surface area contributed by atoms with Gasteiger partial charge in [0.05, 0.1) is 36.4 Å². The Morgan fingerprint density at radius 1 is 1.00 bits per heavy atom. The van der Waals surface area contributed by atoms with Gasteiger partial charge < -0.3 is 10.4 Å². The van der Waals surface area contributed by atoms with Crippen molar-refractivity contribution in [3.05, 3.63) is 65.0 Å². The molecule has 0 fully saturated rings. The van der Waals surface area contributed by atoms with Crippen molar-refractivity contribution in [1.29, 1.82) is 0 Å². The molecule has 0 saturated heterocycles. The van der Waals surface area contributed by atoms with Crippen molar-refractivity contribution in [3.8, 4) is 0 Å². The number of hydrogen-bond acceptors (Lipinski definition) is 4. The molecule has 2 aromatic carbocycles. The number of Topliss-reactive ketones (excluding diaryl/α,β-unsaturated/α-hetero) is 1. The van der Waals surface area contributed by atoms with E-state index in [2.05, 4.69) is 5.32 Å². The monoisotopic (exact) mass is 451 g/mol. The maximum atomic E-state index is 12.8. The van der Waals surface area contributed by atoms with Crippen LogP contribution in [0.2, 0.25) is 25.1 Å². The fourth-order valence-corrected chi connectivity index (χ4v) is 5.24. The number of aliphatic hydroxyl groups is 1. The third kappa shape index (κ3) is 2.67. The minimum absolute atomic E-state index is 0.187. The Morgan fingerprint density at radius 2 is 1.72 bits per heavy atom. The number of carbonyl (C=O) groups excluding carboxylic acids is 1. The van der Waals surface area contributed by atoms with E-state index in [9.17, 15) is 9.90 Å². The molecular weight excluding hydrogens is 448 g/mol. The predicted molar refractivity (Wildman–Crippen MR) is 104 cm³/mol. The van der Waals surface area contributed by atoms with E-state index in [1.165, 1.54) is 6.07 Å². The van der Waals surface area contributed by atoms with Crippen LogP contribution < -0.4 is 5.32 Å². The lowest BCUT2D eigenvalue weighted by Crippen LogP contribution is -2.06. The van der Waals surface area contributed by atoms with E-state index in [1.54, 1.807) is 12.1 Å². The number of anilines is 1. The predicted octanol–water partition coefficient (Wildman–Crippen LogP) is 6.61. The van der Waals surface area contributed by atoms with Crippen LogP contribution in [0.5, 0.6) is 0 Å². The first-order valence-electron chi connectivity index (χ1n) is 6.87. The Labute approximate surface area is 171 Å². The third-order valence-corrected chi connectivity index (χ3v) is 7.06. The van der Waals surface area contributed by atoms with Crippen molar-refractivity contribution in [2.75, 3.05) is 5.32 Å². The molecule has 0 aromatic heterocycles. The molecule has 128 valence electrons. The Morgan fingerprint density at radius 3 is 2.44 bits per heavy atom. The number of hydrogen-bond donors (Lipinski definition) is 2. The van der Waals surface area contributed by atoms with Gasteiger partial charge in [-0.25, -0.2) is 0 Å². The van der Waals surface area contributed by atoms with Gasteiger partial charge in [-0.1, -0.05) is 69.8 Å². The van der Waals surface area contributed by atoms with E-state index in [-0.39, 0.29) is 20.9 Å². The molecule has 3 nitrogen and oxygen atoms in total. The summed E-state index contributed by atoms with van der Waals surface area (Å²) in [5.74, 6) is -0.294. The molecule has 0 amide bonds. The fourth-order valence-electron chi connectivity index (χ4n) is 2.78. The van der Waals surface area contributed by atoms with Crippen molar-refractivity contribution in [3.63, 3.8) is 0 Å². The molecule has 2 heterocycles. The number of thioether (sulfide) groups is 1. The highest BCUT2D eigenvalue weighted by Crippen LogP contribution is 2.53. The van der Waals surface area contributed by atoms with Crippen LogP contribution in [0, 0.1) is 0 Å². The van der Waals surface area contributed by atoms with Gasteiger partial charge in [0.25, 0.3) is 0 Å². The summed E-state index contributed by atoms with van der Waals surface area (Å²) in [5.41, 5.74) is 1.70. The summed E-state index contributed by atoms with van der Waals surface area (Å²) in [4.78, 5) is 13.6. The van der Waals surface area contributed by atoms with E-state index in [4.69, 9.17) is 58.0 Å². The SMILES string of the molecule is O=C1/C(=C2\Nc3c(Cl)cc(Cl)cc3C2O)Sc2c1cc(Cl)c(Cl)c2Cl. The molecule has 25 heavy (non-hydrogen) atoms. The molecule has 0 saturated carbocycles. The van der Waals surface area contributed by atoms with E-state index in [0.29, 0.717) is 42.4 Å². The van der Waals surface area contributed by atoms with Crippen molar-refractivity contribution >= 4 is 81.2 Å². The molecule has 2 N–H and O–H groups in total. The Hall–Kier alpha value is -0.590. The van der Waals surface area contributed by atoms with E-state index < -0.39 is 6.10 Å². The quantitative estimate of drug-likeness (QED) is 0.348. The topological polar surface area (TPSA) is 49.3 Å². The highest BCUT2D eigenvalue weighted by Gasteiger charge is 2.38. The van der Waals surface area contributed by atoms with Gasteiger partial charge in [-0.15, -0.1) is 0 Å². The van der Waals surface area contributed by atoms with E-state index in [1.807, 2.05) is 0 Å². The van der Waals surface area contributed by atoms with Gasteiger partial charge in [0.2, 0.25) is 5.78 Å². The fraction of sp³-hybridized carbons (Fsp3) is 0.0625. The minimum atomic E-state index is -1.06. The molecule has 0 radical (unpaired) electrons. The van der Waals surface area contributed by atoms with Gasteiger partial charge >= 0.3 is 0 Å². The van der Waals surface area contributed by atoms with Crippen LogP contribution in [0.4, 0.5) is 5.69 Å². The summed E-state index contributed by atoms with van der Waals surface area (Å²) in [6, 6.07) is 4.64. The van der Waals surface area contributed by atoms with E-state index in [0.717, 1.165) is 11.8 Å². The van der Waals surface area contributed by atoms with Gasteiger partial charge in [0.15, 0.2) is 0 Å². The second-order valence-electron chi connectivity index (χ2n) is 5.42. The summed E-state index contributed by atoms with van der Waals surface area (Å²) in [6.07, 6.45) is -1.06. The van der Waals surface area contributed by atoms with Crippen molar-refractivity contribution in [1.82, 2.24) is 0 Å². The molecule has 0 aliphatic carbocycles. The molecule has 0 spiro atoms. The highest BCUT2D eigenvalue weighted by molar-refractivity contribution is 8.04. The van der Waals surface area contributed by atoms with Gasteiger partial charge in [0.1, 0.15) is 6.10 Å². The van der Waals surface area contributed by atoms with Crippen LogP contribution >= 0.6 is 69.8 Å². The van der Waals surface area contributed by atoms with Crippen LogP contribution in [0.3, 0.4) is 0 Å². The zero-order valence-corrected chi connectivity index (χ0v) is 16.6. The average Bonchev–Trinajstić information content (AvgIpc) is 3.05. The number of rotatable bonds is 0. The van der Waals surface area contributed by atoms with Gasteiger partial charge in [-0.05, 0) is 18.2 Å². The summed E-state index contributed by atoms with van der Waals surface area (Å²) in [5, 5.41) is 15.0. The highest BCUT2D eigenvalue weighted by atomic mass is 35.5. The average molecular weight is 454 g/mol. The van der Waals surface area contributed by atoms with Crippen molar-refractivity contribution in [2.45, 2.75) is 11.0 Å². The summed E-state index contributed by atoms with van der Waals surface area (Å²) < 4.78 is 0. The number of ketones is 1. The van der Waals surface area contributed by atoms with Gasteiger partial charge in [-0.3, -0.25) is 4.79 Å². The third-order valence-electron chi connectivity index (χ3n) is 3.93. The van der Waals surface area contributed by atoms with Crippen LogP contribution in [0.15, 0.2) is 33.7 Å². The normalized spacial score (nSPS) is 21.4. The van der Waals surface area contributed by atoms with Crippen molar-refractivity contribution < 1.29 is 9.90 Å². The van der Waals surface area contributed by atoms with Crippen LogP contribution in [0.1, 0.15) is 22.0 Å². The van der Waals surface area contributed by atoms with Crippen molar-refractivity contribution in [2.24, 2.45) is 0 Å². The van der Waals surface area contributed by atoms with Gasteiger partial charge in [0, 0.05) is 21.0 Å². The second-order valence-corrected chi connectivity index (χ2v) is 8.44. The number of nitrogens with one attached hydrogen (secondary N) is 1. The minimum Gasteiger partial charge on any atom is -0.382 e. The first kappa shape index (κ1) is 17.8. The Kier molecular flexibility index (Phi) is 4.44. The second kappa shape index (κ2) is 6.24. The van der Waals surface area contributed by atoms with Gasteiger partial charge in [-0.2, -0.15) is 0 Å². The molecule has 2 aliphatic heterocycles. The van der Waals surface area contributed by atoms with Crippen LogP contribution in [-0.4, -0.2) is 10.9 Å². The number of carbonyl (C=O) groups is 1. The first-order chi connectivity index (χ1) is 11.8. The maximum absolute atomic E-state index is 12.8. The van der Waals surface area contributed by atoms with Crippen LogP contribution in [-0.2, 0) is 0 Å². The molecule has 0 bridgehead atoms. The molecule has 1 atom stereocenters. The van der Waals surface area contributed by atoms with E-state index >= 15 is 0 Å². The molecule has 2 aliphatic rings. The van der Waals surface area contributed by atoms with Crippen LogP contribution in [0.25, 0.3) is 0 Å². The summed E-state index contributed by atoms with van der Waals surface area (Å²) in [6.45, 7) is 0. The lowest BCUT2D eigenvalue weighted by molar-refractivity contribution is 0.103. The smallest absolute Gasteiger partial charge is 0.202 e. The maximum Gasteiger partial charge on any atom is 0.202 e. The number of benzene rings is 2. The number of allylic oxidation sites excluding steroid dienone is 1. The first-order valence-corrected chi connectivity index (χ1v) is 9.58. The number of aliphatic hydroxyl groups excluding tert-OH is 1. The number of halogens is 5. The molecule has 2 aromatic rings. The Balaban J connectivity index is 1.85. The zero-order valence-electron chi connectivity index (χ0n) is 12.0. The Bertz CT molecular complexity index is 1000. The lowest BCUT2D eigenvalue weighted by atomic mass is 10.1. The molecule has 4 rings (SSSR count). The largest absolute Gasteiger partial charge is 0.382 e. The zero-order chi connectivity index (χ0) is 18.0. The summed E-state index contributed by atoms with van der Waals surface area (Å²) in [7, 11) is 0. The molecular formula is C16H6Cl5NO2S.